The Morgan fingerprint density at radius 1 is 1.22 bits per heavy atom. The van der Waals surface area contributed by atoms with Gasteiger partial charge in [0.05, 0.1) is 24.0 Å². The normalized spacial score (nSPS) is 15.4. The molecule has 0 radical (unpaired) electrons. The third-order valence-electron chi connectivity index (χ3n) is 4.64. The van der Waals surface area contributed by atoms with E-state index in [1.807, 2.05) is 60.9 Å². The molecule has 3 aromatic rings. The van der Waals surface area contributed by atoms with Crippen molar-refractivity contribution in [2.24, 2.45) is 0 Å². The number of carbonyl (C=O) groups is 1. The molecule has 2 aromatic heterocycles. The van der Waals surface area contributed by atoms with Gasteiger partial charge in [-0.2, -0.15) is 0 Å². The lowest BCUT2D eigenvalue weighted by atomic mass is 10.2. The minimum Gasteiger partial charge on any atom is -0.486 e. The molecule has 6 heteroatoms. The van der Waals surface area contributed by atoms with Crippen LogP contribution in [0.1, 0.15) is 21.7 Å². The van der Waals surface area contributed by atoms with Crippen molar-refractivity contribution in [3.63, 3.8) is 0 Å². The van der Waals surface area contributed by atoms with Crippen LogP contribution in [0.2, 0.25) is 0 Å². The summed E-state index contributed by atoms with van der Waals surface area (Å²) in [6.07, 6.45) is 3.30. The minimum absolute atomic E-state index is 0.124. The molecule has 138 valence electrons. The number of rotatable bonds is 4. The summed E-state index contributed by atoms with van der Waals surface area (Å²) < 4.78 is 13.6. The van der Waals surface area contributed by atoms with Crippen LogP contribution < -0.4 is 14.8 Å². The molecule has 3 heterocycles. The maximum atomic E-state index is 12.7. The lowest BCUT2D eigenvalue weighted by Crippen LogP contribution is -2.40. The molecule has 4 rings (SSSR count). The Hall–Kier alpha value is -3.28. The summed E-state index contributed by atoms with van der Waals surface area (Å²) in [7, 11) is 0. The Bertz CT molecular complexity index is 966. The van der Waals surface area contributed by atoms with E-state index in [1.54, 1.807) is 12.4 Å². The Balaban J connectivity index is 1.45. The highest BCUT2D eigenvalue weighted by atomic mass is 16.6. The second-order valence-corrected chi connectivity index (χ2v) is 6.54. The van der Waals surface area contributed by atoms with Crippen LogP contribution in [-0.2, 0) is 0 Å². The van der Waals surface area contributed by atoms with Gasteiger partial charge in [0.15, 0.2) is 11.5 Å². The van der Waals surface area contributed by atoms with Crippen molar-refractivity contribution >= 4 is 5.91 Å². The van der Waals surface area contributed by atoms with Gasteiger partial charge in [0.25, 0.3) is 5.91 Å². The van der Waals surface area contributed by atoms with Gasteiger partial charge < -0.3 is 19.4 Å². The van der Waals surface area contributed by atoms with E-state index in [0.717, 1.165) is 22.8 Å². The average molecular weight is 363 g/mol. The highest BCUT2D eigenvalue weighted by Crippen LogP contribution is 2.30. The number of amides is 1. The number of nitrogens with one attached hydrogen (secondary N) is 1. The van der Waals surface area contributed by atoms with Crippen LogP contribution in [0.5, 0.6) is 11.5 Å². The van der Waals surface area contributed by atoms with Crippen molar-refractivity contribution in [2.75, 3.05) is 13.2 Å². The summed E-state index contributed by atoms with van der Waals surface area (Å²) in [6.45, 7) is 4.70. The first-order chi connectivity index (χ1) is 13.1. The molecule has 0 saturated carbocycles. The maximum Gasteiger partial charge on any atom is 0.253 e. The van der Waals surface area contributed by atoms with Crippen molar-refractivity contribution < 1.29 is 14.3 Å². The Morgan fingerprint density at radius 3 is 2.81 bits per heavy atom. The van der Waals surface area contributed by atoms with Crippen LogP contribution in [0.3, 0.4) is 0 Å². The highest BCUT2D eigenvalue weighted by Gasteiger charge is 2.22. The lowest BCUT2D eigenvalue weighted by molar-refractivity contribution is 0.0789. The SMILES string of the molecule is Cc1cc(C(=O)NCC2COc3ccccc3O2)c(C)n1-c1cccnc1. The number of pyridine rings is 1. The Kier molecular flexibility index (Phi) is 4.54. The number of aromatic nitrogens is 2. The summed E-state index contributed by atoms with van der Waals surface area (Å²) in [5, 5.41) is 2.96. The zero-order valence-corrected chi connectivity index (χ0v) is 15.3. The topological polar surface area (TPSA) is 65.4 Å². The molecule has 1 aromatic carbocycles. The number of hydrogen-bond acceptors (Lipinski definition) is 4. The summed E-state index contributed by atoms with van der Waals surface area (Å²) in [5.41, 5.74) is 3.45. The molecule has 0 fully saturated rings. The van der Waals surface area contributed by atoms with E-state index in [-0.39, 0.29) is 12.0 Å². The molecular weight excluding hydrogens is 342 g/mol. The highest BCUT2D eigenvalue weighted by molar-refractivity contribution is 5.95. The smallest absolute Gasteiger partial charge is 0.253 e. The van der Waals surface area contributed by atoms with Crippen LogP contribution >= 0.6 is 0 Å². The van der Waals surface area contributed by atoms with Crippen LogP contribution in [0.4, 0.5) is 0 Å². The number of para-hydroxylation sites is 2. The zero-order chi connectivity index (χ0) is 18.8. The maximum absolute atomic E-state index is 12.7. The number of aryl methyl sites for hydroxylation is 1. The molecule has 0 aliphatic carbocycles. The van der Waals surface area contributed by atoms with E-state index >= 15 is 0 Å². The monoisotopic (exact) mass is 363 g/mol. The summed E-state index contributed by atoms with van der Waals surface area (Å²) in [5.74, 6) is 1.32. The summed E-state index contributed by atoms with van der Waals surface area (Å²) in [4.78, 5) is 16.9. The van der Waals surface area contributed by atoms with Gasteiger partial charge >= 0.3 is 0 Å². The van der Waals surface area contributed by atoms with Crippen LogP contribution in [-0.4, -0.2) is 34.7 Å². The number of ether oxygens (including phenoxy) is 2. The predicted molar refractivity (Wildman–Crippen MR) is 102 cm³/mol. The van der Waals surface area contributed by atoms with Crippen molar-refractivity contribution in [2.45, 2.75) is 20.0 Å². The molecular formula is C21H21N3O3. The molecule has 1 aliphatic heterocycles. The minimum atomic E-state index is -0.217. The Labute approximate surface area is 157 Å². The first-order valence-corrected chi connectivity index (χ1v) is 8.89. The van der Waals surface area contributed by atoms with E-state index in [1.165, 1.54) is 0 Å². The van der Waals surface area contributed by atoms with Crippen molar-refractivity contribution in [1.82, 2.24) is 14.9 Å². The fourth-order valence-corrected chi connectivity index (χ4v) is 3.34. The average Bonchev–Trinajstić information content (AvgIpc) is 3.01. The van der Waals surface area contributed by atoms with Gasteiger partial charge in [0, 0.05) is 17.6 Å². The largest absolute Gasteiger partial charge is 0.486 e. The van der Waals surface area contributed by atoms with Gasteiger partial charge in [0.2, 0.25) is 0 Å². The van der Waals surface area contributed by atoms with E-state index in [9.17, 15) is 4.79 Å². The molecule has 1 N–H and O–H groups in total. The molecule has 1 atom stereocenters. The van der Waals surface area contributed by atoms with Gasteiger partial charge in [-0.15, -0.1) is 0 Å². The quantitative estimate of drug-likeness (QED) is 0.774. The molecule has 6 nitrogen and oxygen atoms in total. The lowest BCUT2D eigenvalue weighted by Gasteiger charge is -2.26. The van der Waals surface area contributed by atoms with Gasteiger partial charge in [0.1, 0.15) is 12.7 Å². The van der Waals surface area contributed by atoms with Crippen LogP contribution in [0, 0.1) is 13.8 Å². The summed E-state index contributed by atoms with van der Waals surface area (Å²) in [6, 6.07) is 13.3. The molecule has 1 unspecified atom stereocenters. The van der Waals surface area contributed by atoms with Gasteiger partial charge in [-0.05, 0) is 44.2 Å². The summed E-state index contributed by atoms with van der Waals surface area (Å²) >= 11 is 0. The van der Waals surface area contributed by atoms with Gasteiger partial charge in [-0.25, -0.2) is 0 Å². The van der Waals surface area contributed by atoms with Crippen molar-refractivity contribution in [3.8, 4) is 17.2 Å². The van der Waals surface area contributed by atoms with Gasteiger partial charge in [-0.3, -0.25) is 9.78 Å². The number of carbonyl (C=O) groups excluding carboxylic acids is 1. The van der Waals surface area contributed by atoms with E-state index in [2.05, 4.69) is 10.3 Å². The molecule has 1 aliphatic rings. The second-order valence-electron chi connectivity index (χ2n) is 6.54. The molecule has 1 amide bonds. The zero-order valence-electron chi connectivity index (χ0n) is 15.3. The first-order valence-electron chi connectivity index (χ1n) is 8.89. The number of benzene rings is 1. The van der Waals surface area contributed by atoms with Crippen molar-refractivity contribution in [1.29, 1.82) is 0 Å². The van der Waals surface area contributed by atoms with E-state index in [4.69, 9.17) is 9.47 Å². The number of fused-ring (bicyclic) bond motifs is 1. The molecule has 0 spiro atoms. The van der Waals surface area contributed by atoms with Crippen LogP contribution in [0.15, 0.2) is 54.9 Å². The number of nitrogens with zero attached hydrogens (tertiary/aromatic N) is 2. The third-order valence-corrected chi connectivity index (χ3v) is 4.64. The fraction of sp³-hybridized carbons (Fsp3) is 0.238. The first kappa shape index (κ1) is 17.1. The fourth-order valence-electron chi connectivity index (χ4n) is 3.34. The predicted octanol–water partition coefficient (Wildman–Crippen LogP) is 3.06. The van der Waals surface area contributed by atoms with Crippen LogP contribution in [0.25, 0.3) is 5.69 Å². The second kappa shape index (κ2) is 7.15. The van der Waals surface area contributed by atoms with E-state index < -0.39 is 0 Å². The molecule has 27 heavy (non-hydrogen) atoms. The molecule has 0 saturated heterocycles. The van der Waals surface area contributed by atoms with Gasteiger partial charge in [-0.1, -0.05) is 12.1 Å². The Morgan fingerprint density at radius 2 is 2.04 bits per heavy atom. The van der Waals surface area contributed by atoms with E-state index in [0.29, 0.717) is 24.5 Å². The molecule has 0 bridgehead atoms. The van der Waals surface area contributed by atoms with Crippen molar-refractivity contribution in [3.05, 3.63) is 71.8 Å². The third kappa shape index (κ3) is 3.38. The number of hydrogen-bond donors (Lipinski definition) is 1. The standard InChI is InChI=1S/C21H21N3O3/c1-14-10-18(15(2)24(14)16-6-5-9-22-11-16)21(25)23-12-17-13-26-19-7-3-4-8-20(19)27-17/h3-11,17H,12-13H2,1-2H3,(H,23,25).